The Balaban J connectivity index is 0.923. The third kappa shape index (κ3) is 10.5. The number of ether oxygens (including phenoxy) is 2. The lowest BCUT2D eigenvalue weighted by atomic mass is 9.75. The number of imidazole rings is 2. The summed E-state index contributed by atoms with van der Waals surface area (Å²) < 4.78 is 92.7. The number of halogens is 2. The molecule has 1 aliphatic heterocycles. The molecule has 5 unspecified atom stereocenters. The number of amides is 2. The summed E-state index contributed by atoms with van der Waals surface area (Å²) in [5, 5.41) is 12.0. The van der Waals surface area contributed by atoms with Gasteiger partial charge in [-0.05, 0) is 120 Å². The molecular formula is C48H56F2N10O8S2. The number of carbonyl (C=O) groups excluding carboxylic acids is 2. The Bertz CT molecular complexity index is 3300. The zero-order valence-corrected chi connectivity index (χ0v) is 41.6. The van der Waals surface area contributed by atoms with Gasteiger partial charge in [-0.2, -0.15) is 0 Å². The van der Waals surface area contributed by atoms with Crippen molar-refractivity contribution in [1.29, 1.82) is 0 Å². The van der Waals surface area contributed by atoms with E-state index in [0.717, 1.165) is 30.9 Å². The molecule has 3 aliphatic rings. The van der Waals surface area contributed by atoms with Crippen LogP contribution in [-0.2, 0) is 38.7 Å². The second-order valence-electron chi connectivity index (χ2n) is 19.9. The molecule has 1 saturated heterocycles. The summed E-state index contributed by atoms with van der Waals surface area (Å²) in [6.07, 6.45) is 2.70. The zero-order chi connectivity index (χ0) is 50.2. The lowest BCUT2D eigenvalue weighted by molar-refractivity contribution is -0.176. The minimum Gasteiger partial charge on any atom is -0.377 e. The Morgan fingerprint density at radius 1 is 0.800 bits per heavy atom. The third-order valence-corrected chi connectivity index (χ3v) is 15.5. The highest BCUT2D eigenvalue weighted by Crippen LogP contribution is 2.52. The number of anilines is 6. The van der Waals surface area contributed by atoms with Gasteiger partial charge in [-0.25, -0.2) is 45.6 Å². The van der Waals surface area contributed by atoms with Crippen LogP contribution in [0.3, 0.4) is 0 Å². The number of rotatable bonds is 16. The van der Waals surface area contributed by atoms with Gasteiger partial charge in [-0.1, -0.05) is 12.1 Å². The number of hydrogen-bond acceptors (Lipinski definition) is 14. The average molecular weight is 1000 g/mol. The van der Waals surface area contributed by atoms with Gasteiger partial charge in [0.15, 0.2) is 36.8 Å². The van der Waals surface area contributed by atoms with Gasteiger partial charge in [0.2, 0.25) is 11.8 Å². The molecule has 2 aromatic carbocycles. The van der Waals surface area contributed by atoms with Gasteiger partial charge in [0, 0.05) is 43.6 Å². The molecule has 5 heterocycles. The van der Waals surface area contributed by atoms with E-state index in [-0.39, 0.29) is 85.6 Å². The van der Waals surface area contributed by atoms with E-state index in [1.165, 1.54) is 6.07 Å². The van der Waals surface area contributed by atoms with Gasteiger partial charge in [-0.15, -0.1) is 0 Å². The van der Waals surface area contributed by atoms with Crippen molar-refractivity contribution in [2.24, 2.45) is 17.8 Å². The molecule has 0 spiro atoms. The van der Waals surface area contributed by atoms with Crippen LogP contribution >= 0.6 is 0 Å². The van der Waals surface area contributed by atoms with E-state index < -0.39 is 43.1 Å². The van der Waals surface area contributed by atoms with Crippen LogP contribution in [0.25, 0.3) is 22.3 Å². The van der Waals surface area contributed by atoms with Crippen LogP contribution in [0.15, 0.2) is 58.3 Å². The molecule has 2 aliphatic carbocycles. The fourth-order valence-corrected chi connectivity index (χ4v) is 11.5. The van der Waals surface area contributed by atoms with Crippen molar-refractivity contribution in [3.05, 3.63) is 71.3 Å². The Morgan fingerprint density at radius 3 is 1.99 bits per heavy atom. The maximum absolute atomic E-state index is 13.9. The molecule has 22 heteroatoms. The fraction of sp³-hybridized carbons (Fsp3) is 0.458. The highest BCUT2D eigenvalue weighted by molar-refractivity contribution is 7.91. The summed E-state index contributed by atoms with van der Waals surface area (Å²) in [5.74, 6) is -0.848. The first-order valence-electron chi connectivity index (χ1n) is 23.0. The standard InChI is InChI=1S/C48H56F2N10O8S2/c1-23(67-6)26-11-13-31(35(16-26)69(7,63)64)53-33-18-38(55-42-39(33)51-24(2)52-42)58-46(62)30-15-28(30)21-48(5)22-29(20-47(3,4)68-48)27-12-14-32(36(17-27)70(8,65)66)54-34-19-37(57-45(61)25-9-10-25)56-43-40(34)59-44(60-43)41(49)50/h11-14,16-19,23,25,28-30,41H,9-10,15,20-22H2,1-8H3,(H3,51,52,53,55,58,62)(H3,54,56,57,59,60,61). The molecule has 6 N–H and O–H groups in total. The van der Waals surface area contributed by atoms with E-state index in [0.29, 0.717) is 59.6 Å². The number of hydrogen-bond donors (Lipinski definition) is 6. The summed E-state index contributed by atoms with van der Waals surface area (Å²) in [7, 11) is -6.01. The minimum absolute atomic E-state index is 0.00503. The first-order chi connectivity index (χ1) is 32.8. The summed E-state index contributed by atoms with van der Waals surface area (Å²) >= 11 is 0. The van der Waals surface area contributed by atoms with E-state index in [1.54, 1.807) is 50.4 Å². The summed E-state index contributed by atoms with van der Waals surface area (Å²) in [6, 6.07) is 13.2. The molecule has 0 bridgehead atoms. The van der Waals surface area contributed by atoms with Crippen molar-refractivity contribution in [2.75, 3.05) is 40.9 Å². The smallest absolute Gasteiger partial charge is 0.295 e. The lowest BCUT2D eigenvalue weighted by Crippen LogP contribution is -2.46. The highest BCUT2D eigenvalue weighted by atomic mass is 32.2. The molecule has 9 rings (SSSR count). The number of H-pyrrole nitrogens is 2. The third-order valence-electron chi connectivity index (χ3n) is 13.2. The number of methoxy groups -OCH3 is 1. The molecule has 372 valence electrons. The summed E-state index contributed by atoms with van der Waals surface area (Å²) in [4.78, 5) is 49.8. The molecule has 0 radical (unpaired) electrons. The van der Waals surface area contributed by atoms with Crippen molar-refractivity contribution in [3.8, 4) is 0 Å². The molecule has 5 atom stereocenters. The number of sulfone groups is 2. The van der Waals surface area contributed by atoms with Gasteiger partial charge < -0.3 is 40.7 Å². The number of aromatic amines is 2. The zero-order valence-electron chi connectivity index (χ0n) is 40.0. The van der Waals surface area contributed by atoms with Gasteiger partial charge in [0.05, 0.1) is 49.8 Å². The van der Waals surface area contributed by atoms with E-state index in [4.69, 9.17) is 9.47 Å². The SMILES string of the molecule is COC(C)c1ccc(Nc2cc(NC(=O)C3CC3CC3(C)CC(c4ccc(Nc5cc(NC(=O)C6CC6)nc6[nH]c(C(F)F)nc56)c(S(C)(=O)=O)c4)CC(C)(C)O3)nc3[nH]c(C)nc23)c(S(C)(=O)=O)c1. The molecular weight excluding hydrogens is 947 g/mol. The first kappa shape index (κ1) is 48.9. The van der Waals surface area contributed by atoms with Crippen LogP contribution < -0.4 is 21.3 Å². The molecule has 4 aromatic heterocycles. The van der Waals surface area contributed by atoms with Crippen LogP contribution in [0, 0.1) is 24.7 Å². The van der Waals surface area contributed by atoms with Crippen molar-refractivity contribution in [3.63, 3.8) is 0 Å². The normalized spacial score (nSPS) is 21.7. The molecule has 70 heavy (non-hydrogen) atoms. The monoisotopic (exact) mass is 1000 g/mol. The number of benzene rings is 2. The maximum Gasteiger partial charge on any atom is 0.295 e. The van der Waals surface area contributed by atoms with Crippen LogP contribution in [0.1, 0.15) is 107 Å². The Kier molecular flexibility index (Phi) is 12.5. The van der Waals surface area contributed by atoms with Gasteiger partial charge >= 0.3 is 0 Å². The van der Waals surface area contributed by atoms with Crippen LogP contribution in [0.2, 0.25) is 0 Å². The topological polar surface area (TPSA) is 252 Å². The predicted octanol–water partition coefficient (Wildman–Crippen LogP) is 8.92. The predicted molar refractivity (Wildman–Crippen MR) is 260 cm³/mol. The van der Waals surface area contributed by atoms with Crippen molar-refractivity contribution in [1.82, 2.24) is 29.9 Å². The number of carbonyl (C=O) groups is 2. The summed E-state index contributed by atoms with van der Waals surface area (Å²) in [6.45, 7) is 9.60. The second kappa shape index (κ2) is 17.9. The van der Waals surface area contributed by atoms with Crippen molar-refractivity contribution in [2.45, 2.75) is 113 Å². The molecule has 2 amide bonds. The molecule has 18 nitrogen and oxygen atoms in total. The van der Waals surface area contributed by atoms with E-state index >= 15 is 0 Å². The molecule has 6 aromatic rings. The maximum atomic E-state index is 13.9. The largest absolute Gasteiger partial charge is 0.377 e. The number of aromatic nitrogens is 6. The van der Waals surface area contributed by atoms with E-state index in [1.807, 2.05) is 33.8 Å². The average Bonchev–Trinajstić information content (AvgIpc) is 4.18. The van der Waals surface area contributed by atoms with E-state index in [2.05, 4.69) is 51.2 Å². The number of pyridine rings is 2. The number of alkyl halides is 2. The Labute approximate surface area is 403 Å². The number of fused-ring (bicyclic) bond motifs is 2. The fourth-order valence-electron chi connectivity index (χ4n) is 9.81. The first-order valence-corrected chi connectivity index (χ1v) is 26.8. The van der Waals surface area contributed by atoms with Gasteiger partial charge in [0.25, 0.3) is 6.43 Å². The number of nitrogens with zero attached hydrogens (tertiary/aromatic N) is 4. The summed E-state index contributed by atoms with van der Waals surface area (Å²) in [5.41, 5.74) is 2.15. The van der Waals surface area contributed by atoms with Crippen LogP contribution in [0.5, 0.6) is 0 Å². The molecule has 3 fully saturated rings. The lowest BCUT2D eigenvalue weighted by Gasteiger charge is -2.47. The second-order valence-corrected chi connectivity index (χ2v) is 23.9. The number of aryl methyl sites for hydroxylation is 1. The Morgan fingerprint density at radius 2 is 1.39 bits per heavy atom. The van der Waals surface area contributed by atoms with Crippen LogP contribution in [-0.4, -0.2) is 89.4 Å². The number of nitrogens with one attached hydrogen (secondary N) is 6. The molecule has 2 saturated carbocycles. The minimum atomic E-state index is -3.88. The highest BCUT2D eigenvalue weighted by Gasteiger charge is 2.51. The van der Waals surface area contributed by atoms with Crippen LogP contribution in [0.4, 0.5) is 43.2 Å². The quantitative estimate of drug-likeness (QED) is 0.0530. The van der Waals surface area contributed by atoms with Crippen molar-refractivity contribution < 1.29 is 44.7 Å². The van der Waals surface area contributed by atoms with Crippen molar-refractivity contribution >= 4 is 88.2 Å². The van der Waals surface area contributed by atoms with E-state index in [9.17, 15) is 35.2 Å². The van der Waals surface area contributed by atoms with Gasteiger partial charge in [-0.3, -0.25) is 9.59 Å². The van der Waals surface area contributed by atoms with Gasteiger partial charge in [0.1, 0.15) is 28.5 Å². The Hall–Kier alpha value is -6.10.